The van der Waals surface area contributed by atoms with Crippen molar-refractivity contribution >= 4 is 0 Å². The van der Waals surface area contributed by atoms with Crippen LogP contribution in [0.25, 0.3) is 0 Å². The average Bonchev–Trinajstić information content (AvgIpc) is 2.51. The van der Waals surface area contributed by atoms with Gasteiger partial charge in [-0.25, -0.2) is 4.39 Å². The Morgan fingerprint density at radius 3 is 2.52 bits per heavy atom. The van der Waals surface area contributed by atoms with Crippen molar-refractivity contribution in [1.29, 1.82) is 0 Å². The molecule has 0 bridgehead atoms. The molecule has 0 aliphatic rings. The van der Waals surface area contributed by atoms with E-state index in [1.54, 1.807) is 13.2 Å². The molecule has 0 saturated carbocycles. The molecule has 112 valence electrons. The van der Waals surface area contributed by atoms with E-state index in [0.717, 1.165) is 23.3 Å². The fourth-order valence-electron chi connectivity index (χ4n) is 2.11. The van der Waals surface area contributed by atoms with Gasteiger partial charge in [-0.2, -0.15) is 0 Å². The molecule has 4 heteroatoms. The molecule has 2 aromatic rings. The largest absolute Gasteiger partial charge is 0.497 e. The number of methoxy groups -OCH3 is 1. The van der Waals surface area contributed by atoms with Gasteiger partial charge in [0.25, 0.3) is 0 Å². The maximum Gasteiger partial charge on any atom is 0.165 e. The minimum Gasteiger partial charge on any atom is -0.497 e. The van der Waals surface area contributed by atoms with Gasteiger partial charge in [0.15, 0.2) is 11.6 Å². The lowest BCUT2D eigenvalue weighted by Gasteiger charge is -2.12. The molecule has 0 aliphatic carbocycles. The fourth-order valence-corrected chi connectivity index (χ4v) is 2.11. The van der Waals surface area contributed by atoms with Gasteiger partial charge in [0.2, 0.25) is 0 Å². The summed E-state index contributed by atoms with van der Waals surface area (Å²) in [5.41, 5.74) is 1.95. The van der Waals surface area contributed by atoms with Crippen LogP contribution < -0.4 is 14.8 Å². The van der Waals surface area contributed by atoms with Crippen molar-refractivity contribution in [2.24, 2.45) is 0 Å². The van der Waals surface area contributed by atoms with Crippen molar-refractivity contribution < 1.29 is 13.9 Å². The summed E-state index contributed by atoms with van der Waals surface area (Å²) in [5, 5.41) is 3.01. The highest BCUT2D eigenvalue weighted by atomic mass is 19.1. The summed E-state index contributed by atoms with van der Waals surface area (Å²) in [7, 11) is 3.46. The monoisotopic (exact) mass is 289 g/mol. The molecule has 0 fully saturated rings. The lowest BCUT2D eigenvalue weighted by Crippen LogP contribution is -2.10. The lowest BCUT2D eigenvalue weighted by molar-refractivity contribution is 0.301. The average molecular weight is 289 g/mol. The summed E-state index contributed by atoms with van der Waals surface area (Å²) in [5.74, 6) is 0.836. The van der Waals surface area contributed by atoms with E-state index in [-0.39, 0.29) is 5.82 Å². The summed E-state index contributed by atoms with van der Waals surface area (Å²) in [6, 6.07) is 12.8. The molecule has 1 N–H and O–H groups in total. The molecule has 0 spiro atoms. The first-order chi connectivity index (χ1) is 10.2. The first-order valence-electron chi connectivity index (χ1n) is 6.92. The molecular formula is C17H20FNO2. The lowest BCUT2D eigenvalue weighted by atomic mass is 10.1. The minimum atomic E-state index is -0.322. The molecule has 0 heterocycles. The van der Waals surface area contributed by atoms with Crippen LogP contribution >= 0.6 is 0 Å². The van der Waals surface area contributed by atoms with E-state index in [9.17, 15) is 4.39 Å². The third-order valence-corrected chi connectivity index (χ3v) is 3.21. The van der Waals surface area contributed by atoms with E-state index in [1.165, 1.54) is 6.07 Å². The van der Waals surface area contributed by atoms with E-state index < -0.39 is 0 Å². The van der Waals surface area contributed by atoms with Gasteiger partial charge in [0.05, 0.1) is 13.7 Å². The van der Waals surface area contributed by atoms with Crippen LogP contribution in [-0.4, -0.2) is 20.8 Å². The smallest absolute Gasteiger partial charge is 0.165 e. The molecule has 0 radical (unpaired) electrons. The number of ether oxygens (including phenoxy) is 2. The van der Waals surface area contributed by atoms with Crippen LogP contribution in [0.2, 0.25) is 0 Å². The third-order valence-electron chi connectivity index (χ3n) is 3.21. The highest BCUT2D eigenvalue weighted by Gasteiger charge is 2.09. The van der Waals surface area contributed by atoms with Gasteiger partial charge in [0.1, 0.15) is 5.75 Å². The number of para-hydroxylation sites is 1. The zero-order valence-corrected chi connectivity index (χ0v) is 12.4. The standard InChI is InChI=1S/C17H20FNO2/c1-19-12-14-4-3-5-16(18)17(14)21-11-10-13-6-8-15(20-2)9-7-13/h3-9,19H,10-12H2,1-2H3. The van der Waals surface area contributed by atoms with Crippen molar-refractivity contribution in [3.05, 3.63) is 59.4 Å². The van der Waals surface area contributed by atoms with Crippen molar-refractivity contribution in [3.63, 3.8) is 0 Å². The van der Waals surface area contributed by atoms with Crippen molar-refractivity contribution in [2.75, 3.05) is 20.8 Å². The van der Waals surface area contributed by atoms with E-state index in [0.29, 0.717) is 18.9 Å². The Kier molecular flexibility index (Phi) is 5.58. The number of nitrogens with one attached hydrogen (secondary N) is 1. The summed E-state index contributed by atoms with van der Waals surface area (Å²) in [4.78, 5) is 0. The Morgan fingerprint density at radius 1 is 1.10 bits per heavy atom. The molecule has 3 nitrogen and oxygen atoms in total. The Morgan fingerprint density at radius 2 is 1.86 bits per heavy atom. The summed E-state index contributed by atoms with van der Waals surface area (Å²) in [6.07, 6.45) is 0.720. The second kappa shape index (κ2) is 7.64. The zero-order valence-electron chi connectivity index (χ0n) is 12.4. The second-order valence-corrected chi connectivity index (χ2v) is 4.70. The topological polar surface area (TPSA) is 30.5 Å². The number of hydrogen-bond acceptors (Lipinski definition) is 3. The highest BCUT2D eigenvalue weighted by molar-refractivity contribution is 5.35. The predicted octanol–water partition coefficient (Wildman–Crippen LogP) is 3.18. The quantitative estimate of drug-likeness (QED) is 0.849. The number of halogens is 1. The van der Waals surface area contributed by atoms with Gasteiger partial charge in [-0.1, -0.05) is 24.3 Å². The van der Waals surface area contributed by atoms with Gasteiger partial charge < -0.3 is 14.8 Å². The van der Waals surface area contributed by atoms with Crippen LogP contribution in [0.1, 0.15) is 11.1 Å². The molecule has 2 aromatic carbocycles. The predicted molar refractivity (Wildman–Crippen MR) is 81.4 cm³/mol. The van der Waals surface area contributed by atoms with E-state index in [4.69, 9.17) is 9.47 Å². The molecule has 0 saturated heterocycles. The van der Waals surface area contributed by atoms with Crippen molar-refractivity contribution in [2.45, 2.75) is 13.0 Å². The van der Waals surface area contributed by atoms with Crippen LogP contribution in [0.15, 0.2) is 42.5 Å². The third kappa shape index (κ3) is 4.20. The van der Waals surface area contributed by atoms with Gasteiger partial charge in [-0.05, 0) is 30.8 Å². The summed E-state index contributed by atoms with van der Waals surface area (Å²) in [6.45, 7) is 1.01. The molecule has 0 atom stereocenters. The minimum absolute atomic E-state index is 0.322. The first kappa shape index (κ1) is 15.3. The summed E-state index contributed by atoms with van der Waals surface area (Å²) >= 11 is 0. The second-order valence-electron chi connectivity index (χ2n) is 4.70. The van der Waals surface area contributed by atoms with Gasteiger partial charge in [-0.15, -0.1) is 0 Å². The van der Waals surface area contributed by atoms with E-state index >= 15 is 0 Å². The Labute approximate surface area is 124 Å². The number of benzene rings is 2. The fraction of sp³-hybridized carbons (Fsp3) is 0.294. The molecule has 0 aromatic heterocycles. The Bertz CT molecular complexity index is 570. The van der Waals surface area contributed by atoms with Gasteiger partial charge in [-0.3, -0.25) is 0 Å². The molecule has 0 unspecified atom stereocenters. The maximum atomic E-state index is 13.8. The van der Waals surface area contributed by atoms with E-state index in [1.807, 2.05) is 37.4 Å². The van der Waals surface area contributed by atoms with Crippen LogP contribution in [0, 0.1) is 5.82 Å². The van der Waals surface area contributed by atoms with Crippen molar-refractivity contribution in [1.82, 2.24) is 5.32 Å². The number of rotatable bonds is 7. The summed E-state index contributed by atoms with van der Waals surface area (Å²) < 4.78 is 24.6. The zero-order chi connectivity index (χ0) is 15.1. The van der Waals surface area contributed by atoms with Crippen LogP contribution in [0.3, 0.4) is 0 Å². The molecule has 21 heavy (non-hydrogen) atoms. The van der Waals surface area contributed by atoms with Crippen molar-refractivity contribution in [3.8, 4) is 11.5 Å². The maximum absolute atomic E-state index is 13.8. The normalized spacial score (nSPS) is 10.4. The molecular weight excluding hydrogens is 269 g/mol. The Balaban J connectivity index is 1.96. The Hall–Kier alpha value is -2.07. The van der Waals surface area contributed by atoms with Crippen LogP contribution in [0.4, 0.5) is 4.39 Å². The van der Waals surface area contributed by atoms with Gasteiger partial charge in [0, 0.05) is 18.5 Å². The van der Waals surface area contributed by atoms with Gasteiger partial charge >= 0.3 is 0 Å². The molecule has 0 amide bonds. The van der Waals surface area contributed by atoms with Crippen LogP contribution in [0.5, 0.6) is 11.5 Å². The highest BCUT2D eigenvalue weighted by Crippen LogP contribution is 2.23. The van der Waals surface area contributed by atoms with Crippen LogP contribution in [-0.2, 0) is 13.0 Å². The SMILES string of the molecule is CNCc1cccc(F)c1OCCc1ccc(OC)cc1. The molecule has 0 aliphatic heterocycles. The number of hydrogen-bond donors (Lipinski definition) is 1. The first-order valence-corrected chi connectivity index (χ1v) is 6.92. The molecule has 2 rings (SSSR count). The van der Waals surface area contributed by atoms with E-state index in [2.05, 4.69) is 5.32 Å².